The van der Waals surface area contributed by atoms with Gasteiger partial charge in [0.05, 0.1) is 0 Å². The summed E-state index contributed by atoms with van der Waals surface area (Å²) in [5.41, 5.74) is 1.13. The minimum Gasteiger partial charge on any atom is -0.344 e. The van der Waals surface area contributed by atoms with E-state index in [2.05, 4.69) is 5.32 Å². The van der Waals surface area contributed by atoms with Crippen LogP contribution in [-0.4, -0.2) is 35.8 Å². The minimum absolute atomic E-state index is 0.00895. The maximum Gasteiger partial charge on any atom is 0.245 e. The van der Waals surface area contributed by atoms with Crippen LogP contribution in [0.15, 0.2) is 24.3 Å². The topological polar surface area (TPSA) is 49.4 Å². The Kier molecular flexibility index (Phi) is 7.18. The van der Waals surface area contributed by atoms with Crippen molar-refractivity contribution in [3.63, 3.8) is 0 Å². The molecule has 1 saturated heterocycles. The molecule has 1 aliphatic heterocycles. The molecular weight excluding hydrogens is 331 g/mol. The largest absolute Gasteiger partial charge is 0.344 e. The predicted octanol–water partition coefficient (Wildman–Crippen LogP) is 3.72. The molecule has 1 heterocycles. The molecule has 5 heteroatoms. The van der Waals surface area contributed by atoms with Crippen molar-refractivity contribution in [1.29, 1.82) is 0 Å². The number of carbonyl (C=O) groups is 2. The molecule has 2 rings (SSSR count). The van der Waals surface area contributed by atoms with Crippen LogP contribution in [0.1, 0.15) is 58.4 Å². The van der Waals surface area contributed by atoms with Gasteiger partial charge in [0.25, 0.3) is 0 Å². The van der Waals surface area contributed by atoms with Gasteiger partial charge in [0, 0.05) is 19.5 Å². The molecule has 0 aromatic heterocycles. The molecule has 0 unspecified atom stereocenters. The molecule has 2 amide bonds. The Morgan fingerprint density at radius 3 is 2.19 bits per heavy atom. The molecule has 1 N–H and O–H groups in total. The van der Waals surface area contributed by atoms with E-state index in [0.717, 1.165) is 18.4 Å². The van der Waals surface area contributed by atoms with Gasteiger partial charge in [-0.2, -0.15) is 0 Å². The van der Waals surface area contributed by atoms with E-state index < -0.39 is 6.04 Å². The van der Waals surface area contributed by atoms with Crippen LogP contribution in [0.5, 0.6) is 0 Å². The fourth-order valence-electron chi connectivity index (χ4n) is 3.48. The van der Waals surface area contributed by atoms with Crippen LogP contribution in [0.3, 0.4) is 0 Å². The molecule has 1 aliphatic rings. The molecule has 1 atom stereocenters. The van der Waals surface area contributed by atoms with Crippen LogP contribution >= 0.6 is 0 Å². The van der Waals surface area contributed by atoms with Crippen molar-refractivity contribution < 1.29 is 14.0 Å². The van der Waals surface area contributed by atoms with Gasteiger partial charge in [-0.3, -0.25) is 9.59 Å². The summed E-state index contributed by atoms with van der Waals surface area (Å²) >= 11 is 0. The van der Waals surface area contributed by atoms with Gasteiger partial charge in [0.15, 0.2) is 0 Å². The molecule has 4 nitrogen and oxygen atoms in total. The summed E-state index contributed by atoms with van der Waals surface area (Å²) in [6.45, 7) is 9.25. The standard InChI is InChI=1S/C21H31FN2O2/c1-14(2)13-19(25)23-20(15(3)4)21(26)24-11-9-17(10-12-24)16-5-7-18(22)8-6-16/h5-8,14-15,17,20H,9-13H2,1-4H3,(H,23,25)/t20-/m1/s1. The highest BCUT2D eigenvalue weighted by atomic mass is 19.1. The number of halogens is 1. The zero-order chi connectivity index (χ0) is 19.3. The Bertz CT molecular complexity index is 605. The number of carbonyl (C=O) groups excluding carboxylic acids is 2. The number of nitrogens with zero attached hydrogens (tertiary/aromatic N) is 1. The monoisotopic (exact) mass is 362 g/mol. The molecule has 26 heavy (non-hydrogen) atoms. The van der Waals surface area contributed by atoms with Gasteiger partial charge in [-0.1, -0.05) is 39.8 Å². The van der Waals surface area contributed by atoms with E-state index in [0.29, 0.717) is 25.4 Å². The molecular formula is C21H31FN2O2. The first-order valence-corrected chi connectivity index (χ1v) is 9.61. The van der Waals surface area contributed by atoms with E-state index in [-0.39, 0.29) is 29.5 Å². The Balaban J connectivity index is 1.94. The number of likely N-dealkylation sites (tertiary alicyclic amines) is 1. The van der Waals surface area contributed by atoms with E-state index in [1.807, 2.05) is 44.7 Å². The first-order chi connectivity index (χ1) is 12.3. The zero-order valence-electron chi connectivity index (χ0n) is 16.3. The molecule has 0 radical (unpaired) electrons. The summed E-state index contributed by atoms with van der Waals surface area (Å²) in [6, 6.07) is 6.18. The Labute approximate surface area is 156 Å². The second-order valence-electron chi connectivity index (χ2n) is 8.04. The van der Waals surface area contributed by atoms with E-state index >= 15 is 0 Å². The third-order valence-electron chi connectivity index (χ3n) is 4.99. The highest BCUT2D eigenvalue weighted by Gasteiger charge is 2.31. The lowest BCUT2D eigenvalue weighted by Crippen LogP contribution is -2.53. The number of hydrogen-bond acceptors (Lipinski definition) is 2. The van der Waals surface area contributed by atoms with Crippen LogP contribution in [0.4, 0.5) is 4.39 Å². The summed E-state index contributed by atoms with van der Waals surface area (Å²) in [6.07, 6.45) is 2.16. The van der Waals surface area contributed by atoms with E-state index in [1.54, 1.807) is 0 Å². The fraction of sp³-hybridized carbons (Fsp3) is 0.619. The van der Waals surface area contributed by atoms with Gasteiger partial charge in [0.1, 0.15) is 11.9 Å². The van der Waals surface area contributed by atoms with Crippen LogP contribution in [-0.2, 0) is 9.59 Å². The van der Waals surface area contributed by atoms with Gasteiger partial charge in [-0.05, 0) is 48.3 Å². The number of amides is 2. The van der Waals surface area contributed by atoms with Crippen molar-refractivity contribution in [2.45, 2.75) is 58.9 Å². The molecule has 1 aromatic rings. The van der Waals surface area contributed by atoms with Crippen molar-refractivity contribution in [3.05, 3.63) is 35.6 Å². The maximum atomic E-state index is 13.1. The molecule has 0 bridgehead atoms. The first-order valence-electron chi connectivity index (χ1n) is 9.61. The Morgan fingerprint density at radius 2 is 1.69 bits per heavy atom. The quantitative estimate of drug-likeness (QED) is 0.838. The fourth-order valence-corrected chi connectivity index (χ4v) is 3.48. The van der Waals surface area contributed by atoms with Gasteiger partial charge in [-0.15, -0.1) is 0 Å². The zero-order valence-corrected chi connectivity index (χ0v) is 16.3. The molecule has 1 aromatic carbocycles. The van der Waals surface area contributed by atoms with Gasteiger partial charge < -0.3 is 10.2 Å². The third-order valence-corrected chi connectivity index (χ3v) is 4.99. The lowest BCUT2D eigenvalue weighted by atomic mass is 9.89. The highest BCUT2D eigenvalue weighted by Crippen LogP contribution is 2.28. The minimum atomic E-state index is -0.469. The average molecular weight is 362 g/mol. The van der Waals surface area contributed by atoms with Crippen molar-refractivity contribution in [2.75, 3.05) is 13.1 Å². The lowest BCUT2D eigenvalue weighted by Gasteiger charge is -2.35. The van der Waals surface area contributed by atoms with E-state index in [1.165, 1.54) is 12.1 Å². The van der Waals surface area contributed by atoms with Crippen LogP contribution in [0.2, 0.25) is 0 Å². The van der Waals surface area contributed by atoms with Gasteiger partial charge in [-0.25, -0.2) is 4.39 Å². The Morgan fingerprint density at radius 1 is 1.12 bits per heavy atom. The summed E-state index contributed by atoms with van der Waals surface area (Å²) < 4.78 is 13.1. The number of benzene rings is 1. The Hall–Kier alpha value is -1.91. The van der Waals surface area contributed by atoms with Crippen molar-refractivity contribution in [1.82, 2.24) is 10.2 Å². The predicted molar refractivity (Wildman–Crippen MR) is 101 cm³/mol. The number of hydrogen-bond donors (Lipinski definition) is 1. The average Bonchev–Trinajstić information content (AvgIpc) is 2.59. The molecule has 0 aliphatic carbocycles. The molecule has 0 spiro atoms. The van der Waals surface area contributed by atoms with Crippen molar-refractivity contribution in [2.24, 2.45) is 11.8 Å². The van der Waals surface area contributed by atoms with Crippen LogP contribution < -0.4 is 5.32 Å². The number of piperidine rings is 1. The van der Waals surface area contributed by atoms with Crippen LogP contribution in [0, 0.1) is 17.7 Å². The second kappa shape index (κ2) is 9.15. The maximum absolute atomic E-state index is 13.1. The summed E-state index contributed by atoms with van der Waals surface area (Å²) in [5, 5.41) is 2.92. The first kappa shape index (κ1) is 20.4. The normalized spacial score (nSPS) is 16.8. The van der Waals surface area contributed by atoms with Crippen LogP contribution in [0.25, 0.3) is 0 Å². The molecule has 0 saturated carbocycles. The third kappa shape index (κ3) is 5.55. The molecule has 144 valence electrons. The van der Waals surface area contributed by atoms with E-state index in [9.17, 15) is 14.0 Å². The van der Waals surface area contributed by atoms with Gasteiger partial charge in [0.2, 0.25) is 11.8 Å². The summed E-state index contributed by atoms with van der Waals surface area (Å²) in [5.74, 6) is 0.395. The summed E-state index contributed by atoms with van der Waals surface area (Å²) in [4.78, 5) is 26.9. The number of nitrogens with one attached hydrogen (secondary N) is 1. The highest BCUT2D eigenvalue weighted by molar-refractivity contribution is 5.88. The smallest absolute Gasteiger partial charge is 0.245 e. The number of rotatable bonds is 6. The van der Waals surface area contributed by atoms with Crippen molar-refractivity contribution >= 4 is 11.8 Å². The van der Waals surface area contributed by atoms with Crippen molar-refractivity contribution in [3.8, 4) is 0 Å². The summed E-state index contributed by atoms with van der Waals surface area (Å²) in [7, 11) is 0. The second-order valence-corrected chi connectivity index (χ2v) is 8.04. The lowest BCUT2D eigenvalue weighted by molar-refractivity contribution is -0.138. The molecule has 1 fully saturated rings. The van der Waals surface area contributed by atoms with Gasteiger partial charge >= 0.3 is 0 Å². The SMILES string of the molecule is CC(C)CC(=O)N[C@@H](C(=O)N1CCC(c2ccc(F)cc2)CC1)C(C)C. The van der Waals surface area contributed by atoms with E-state index in [4.69, 9.17) is 0 Å².